The fourth-order valence-corrected chi connectivity index (χ4v) is 7.90. The second kappa shape index (κ2) is 20.7. The molecule has 0 radical (unpaired) electrons. The van der Waals surface area contributed by atoms with Gasteiger partial charge in [-0.25, -0.2) is 0 Å². The number of nitrogens with one attached hydrogen (secondary N) is 2. The van der Waals surface area contributed by atoms with Crippen LogP contribution in [0.2, 0.25) is 0 Å². The molecule has 3 unspecified atom stereocenters. The molecule has 0 bridgehead atoms. The molecule has 1 aromatic heterocycles. The van der Waals surface area contributed by atoms with E-state index < -0.39 is 6.29 Å². The SMILES string of the molecule is Nc1ccccc1NC(=O)CCCCCCC(=O)NCc1ccccc1-c1ccc(C2OC(CSc3nnnn3-c3ccccc3)CC(c3ccc(CO)cc3)O2)cc1. The van der Waals surface area contributed by atoms with Gasteiger partial charge in [-0.05, 0) is 75.4 Å². The third-order valence-corrected chi connectivity index (χ3v) is 11.3. The molecule has 1 saturated heterocycles. The van der Waals surface area contributed by atoms with Gasteiger partial charge in [0.25, 0.3) is 0 Å². The number of nitrogens with two attached hydrogens (primary N) is 1. The summed E-state index contributed by atoms with van der Waals surface area (Å²) >= 11 is 1.54. The molecule has 304 valence electrons. The number of amides is 2. The number of anilines is 2. The Morgan fingerprint density at radius 1 is 0.780 bits per heavy atom. The Morgan fingerprint density at radius 3 is 2.24 bits per heavy atom. The minimum Gasteiger partial charge on any atom is -0.397 e. The van der Waals surface area contributed by atoms with Crippen LogP contribution in [0, 0.1) is 0 Å². The van der Waals surface area contributed by atoms with Crippen molar-refractivity contribution in [1.82, 2.24) is 25.5 Å². The number of unbranched alkanes of at least 4 members (excludes halogenated alkanes) is 3. The number of carbonyl (C=O) groups excluding carboxylic acids is 2. The second-order valence-electron chi connectivity index (χ2n) is 14.5. The van der Waals surface area contributed by atoms with Gasteiger partial charge in [-0.2, -0.15) is 4.68 Å². The van der Waals surface area contributed by atoms with E-state index in [-0.39, 0.29) is 30.6 Å². The smallest absolute Gasteiger partial charge is 0.224 e. The van der Waals surface area contributed by atoms with Gasteiger partial charge in [0.2, 0.25) is 17.0 Å². The van der Waals surface area contributed by atoms with Gasteiger partial charge in [0.15, 0.2) is 6.29 Å². The Balaban J connectivity index is 0.931. The van der Waals surface area contributed by atoms with Gasteiger partial charge >= 0.3 is 0 Å². The summed E-state index contributed by atoms with van der Waals surface area (Å²) in [5.74, 6) is 0.558. The highest BCUT2D eigenvalue weighted by molar-refractivity contribution is 7.99. The van der Waals surface area contributed by atoms with Crippen molar-refractivity contribution < 1.29 is 24.2 Å². The monoisotopic (exact) mass is 811 g/mol. The predicted molar refractivity (Wildman–Crippen MR) is 229 cm³/mol. The van der Waals surface area contributed by atoms with Crippen molar-refractivity contribution >= 4 is 35.0 Å². The lowest BCUT2D eigenvalue weighted by Gasteiger charge is -2.36. The standard InChI is InChI=1S/C46H49N7O5S/c47-40-16-10-11-17-41(40)49-44(56)19-7-2-1-6-18-43(55)48-29-36-12-8-9-15-39(36)33-24-26-35(27-25-33)45-57-38(28-42(58-45)34-22-20-32(30-54)21-23-34)31-59-46-50-51-52-53(46)37-13-4-3-5-14-37/h3-5,8-17,20-27,38,42,45,54H,1-2,6-7,18-19,28-31,47H2,(H,48,55)(H,49,56). The highest BCUT2D eigenvalue weighted by atomic mass is 32.2. The number of aliphatic hydroxyl groups is 1. The summed E-state index contributed by atoms with van der Waals surface area (Å²) in [6, 6.07) is 41.1. The van der Waals surface area contributed by atoms with Gasteiger partial charge < -0.3 is 30.9 Å². The molecule has 3 atom stereocenters. The van der Waals surface area contributed by atoms with Crippen molar-refractivity contribution in [3.8, 4) is 16.8 Å². The minimum atomic E-state index is -0.614. The molecule has 1 aliphatic rings. The van der Waals surface area contributed by atoms with Crippen molar-refractivity contribution in [2.75, 3.05) is 16.8 Å². The number of para-hydroxylation sites is 3. The molecule has 2 amide bonds. The Labute approximate surface area is 348 Å². The largest absolute Gasteiger partial charge is 0.397 e. The zero-order valence-corrected chi connectivity index (χ0v) is 33.6. The van der Waals surface area contributed by atoms with Crippen LogP contribution in [0.4, 0.5) is 11.4 Å². The van der Waals surface area contributed by atoms with E-state index in [2.05, 4.69) is 44.4 Å². The molecule has 12 nitrogen and oxygen atoms in total. The van der Waals surface area contributed by atoms with Crippen LogP contribution in [0.1, 0.15) is 79.6 Å². The molecule has 1 fully saturated rings. The Morgan fingerprint density at radius 2 is 1.47 bits per heavy atom. The predicted octanol–water partition coefficient (Wildman–Crippen LogP) is 8.34. The molecule has 13 heteroatoms. The van der Waals surface area contributed by atoms with E-state index in [0.717, 1.165) is 64.8 Å². The normalized spacial score (nSPS) is 16.4. The maximum Gasteiger partial charge on any atom is 0.224 e. The number of aliphatic hydroxyl groups excluding tert-OH is 1. The number of hydrogen-bond acceptors (Lipinski definition) is 10. The highest BCUT2D eigenvalue weighted by Crippen LogP contribution is 2.40. The summed E-state index contributed by atoms with van der Waals surface area (Å²) in [6.07, 6.45) is 3.72. The van der Waals surface area contributed by atoms with E-state index in [9.17, 15) is 14.7 Å². The summed E-state index contributed by atoms with van der Waals surface area (Å²) in [5, 5.41) is 28.6. The quantitative estimate of drug-likeness (QED) is 0.0377. The summed E-state index contributed by atoms with van der Waals surface area (Å²) in [5.41, 5.74) is 13.8. The molecule has 6 aromatic rings. The number of ether oxygens (including phenoxy) is 2. The maximum absolute atomic E-state index is 12.8. The van der Waals surface area contributed by atoms with Crippen LogP contribution in [0.3, 0.4) is 0 Å². The van der Waals surface area contributed by atoms with Crippen molar-refractivity contribution in [2.45, 2.75) is 81.8 Å². The topological polar surface area (TPSA) is 167 Å². The fraction of sp³-hybridized carbons (Fsp3) is 0.283. The summed E-state index contributed by atoms with van der Waals surface area (Å²) < 4.78 is 14.9. The first-order valence-corrected chi connectivity index (χ1v) is 21.0. The average molecular weight is 812 g/mol. The van der Waals surface area contributed by atoms with E-state index in [1.807, 2.05) is 97.1 Å². The minimum absolute atomic E-state index is 0.00359. The number of tetrazole rings is 1. The average Bonchev–Trinajstić information content (AvgIpc) is 3.76. The first kappa shape index (κ1) is 41.3. The third kappa shape index (κ3) is 11.4. The number of aromatic nitrogens is 4. The maximum atomic E-state index is 12.8. The Bertz CT molecular complexity index is 2270. The van der Waals surface area contributed by atoms with Crippen LogP contribution < -0.4 is 16.4 Å². The number of hydrogen-bond donors (Lipinski definition) is 4. The zero-order valence-electron chi connectivity index (χ0n) is 32.8. The van der Waals surface area contributed by atoms with E-state index in [0.29, 0.717) is 48.1 Å². The van der Waals surface area contributed by atoms with Gasteiger partial charge in [-0.3, -0.25) is 9.59 Å². The number of nitrogen functional groups attached to an aromatic ring is 1. The molecular formula is C46H49N7O5S. The highest BCUT2D eigenvalue weighted by Gasteiger charge is 2.33. The van der Waals surface area contributed by atoms with Gasteiger partial charge in [-0.1, -0.05) is 128 Å². The molecule has 5 N–H and O–H groups in total. The number of thioether (sulfide) groups is 1. The lowest BCUT2D eigenvalue weighted by atomic mass is 9.97. The third-order valence-electron chi connectivity index (χ3n) is 10.2. The lowest BCUT2D eigenvalue weighted by Crippen LogP contribution is -2.31. The van der Waals surface area contributed by atoms with Gasteiger partial charge in [0, 0.05) is 37.1 Å². The second-order valence-corrected chi connectivity index (χ2v) is 15.5. The number of carbonyl (C=O) groups is 2. The molecular weight excluding hydrogens is 763 g/mol. The van der Waals surface area contributed by atoms with E-state index in [1.54, 1.807) is 16.8 Å². The summed E-state index contributed by atoms with van der Waals surface area (Å²) in [4.78, 5) is 25.1. The van der Waals surface area contributed by atoms with E-state index in [1.165, 1.54) is 11.8 Å². The van der Waals surface area contributed by atoms with Crippen molar-refractivity contribution in [3.63, 3.8) is 0 Å². The van der Waals surface area contributed by atoms with Crippen LogP contribution in [0.15, 0.2) is 133 Å². The molecule has 0 saturated carbocycles. The Kier molecular flexibility index (Phi) is 14.5. The Hall–Kier alpha value is -5.86. The molecule has 0 aliphatic carbocycles. The summed E-state index contributed by atoms with van der Waals surface area (Å²) in [6.45, 7) is 0.393. The lowest BCUT2D eigenvalue weighted by molar-refractivity contribution is -0.245. The molecule has 7 rings (SSSR count). The van der Waals surface area contributed by atoms with Gasteiger partial charge in [0.05, 0.1) is 35.9 Å². The van der Waals surface area contributed by atoms with E-state index >= 15 is 0 Å². The van der Waals surface area contributed by atoms with Crippen LogP contribution >= 0.6 is 11.8 Å². The zero-order chi connectivity index (χ0) is 40.8. The van der Waals surface area contributed by atoms with Crippen LogP contribution in [0.25, 0.3) is 16.8 Å². The number of nitrogens with zero attached hydrogens (tertiary/aromatic N) is 4. The van der Waals surface area contributed by atoms with Crippen LogP contribution in [-0.4, -0.2) is 49.0 Å². The van der Waals surface area contributed by atoms with Crippen molar-refractivity contribution in [2.24, 2.45) is 0 Å². The van der Waals surface area contributed by atoms with Gasteiger partial charge in [-0.15, -0.1) is 5.10 Å². The first-order chi connectivity index (χ1) is 28.9. The fourth-order valence-electron chi connectivity index (χ4n) is 7.00. The molecule has 1 aliphatic heterocycles. The van der Waals surface area contributed by atoms with Crippen LogP contribution in [0.5, 0.6) is 0 Å². The molecule has 2 heterocycles. The summed E-state index contributed by atoms with van der Waals surface area (Å²) in [7, 11) is 0. The van der Waals surface area contributed by atoms with Crippen molar-refractivity contribution in [3.05, 3.63) is 150 Å². The molecule has 0 spiro atoms. The van der Waals surface area contributed by atoms with Crippen molar-refractivity contribution in [1.29, 1.82) is 0 Å². The van der Waals surface area contributed by atoms with E-state index in [4.69, 9.17) is 15.2 Å². The van der Waals surface area contributed by atoms with Crippen LogP contribution in [-0.2, 0) is 32.2 Å². The van der Waals surface area contributed by atoms with Gasteiger partial charge in [0.1, 0.15) is 0 Å². The molecule has 5 aromatic carbocycles. The molecule has 59 heavy (non-hydrogen) atoms. The number of benzene rings is 5. The number of rotatable bonds is 18. The first-order valence-electron chi connectivity index (χ1n) is 20.0.